The average Bonchev–Trinajstić information content (AvgIpc) is 3.23. The van der Waals surface area contributed by atoms with Gasteiger partial charge in [-0.1, -0.05) is 60.7 Å². The maximum Gasteiger partial charge on any atom is 0.256 e. The predicted octanol–water partition coefficient (Wildman–Crippen LogP) is 3.99. The van der Waals surface area contributed by atoms with E-state index >= 15 is 0 Å². The second-order valence-corrected chi connectivity index (χ2v) is 7.45. The molecule has 0 spiro atoms. The monoisotopic (exact) mass is 421 g/mol. The molecule has 5 aromatic rings. The summed E-state index contributed by atoms with van der Waals surface area (Å²) in [5, 5.41) is 9.83. The van der Waals surface area contributed by atoms with Crippen LogP contribution in [0.3, 0.4) is 0 Å². The molecule has 0 unspecified atom stereocenters. The molecule has 3 aromatic carbocycles. The number of amides is 2. The Morgan fingerprint density at radius 1 is 0.938 bits per heavy atom. The van der Waals surface area contributed by atoms with Crippen molar-refractivity contribution in [1.82, 2.24) is 14.8 Å². The standard InChI is InChI=1S/C25H19N5O2/c26-24(31)15-30-14-17(13-27-30)28-25(32)21-12-23(29-22-11-4-3-9-20(21)22)19-10-5-7-16-6-1-2-8-18(16)19/h1-14H,15H2,(H2,26,31)(H,28,32). The van der Waals surface area contributed by atoms with E-state index in [4.69, 9.17) is 10.7 Å². The molecule has 32 heavy (non-hydrogen) atoms. The van der Waals surface area contributed by atoms with Crippen molar-refractivity contribution in [1.29, 1.82) is 0 Å². The molecule has 0 saturated carbocycles. The number of primary amides is 1. The summed E-state index contributed by atoms with van der Waals surface area (Å²) in [7, 11) is 0. The van der Waals surface area contributed by atoms with Gasteiger partial charge in [0.05, 0.1) is 28.7 Å². The largest absolute Gasteiger partial charge is 0.368 e. The summed E-state index contributed by atoms with van der Waals surface area (Å²) in [4.78, 5) is 29.2. The van der Waals surface area contributed by atoms with Crippen molar-refractivity contribution in [3.05, 3.63) is 90.8 Å². The first kappa shape index (κ1) is 19.4. The number of nitrogens with one attached hydrogen (secondary N) is 1. The molecule has 3 N–H and O–H groups in total. The Morgan fingerprint density at radius 3 is 2.53 bits per heavy atom. The number of pyridine rings is 1. The van der Waals surface area contributed by atoms with Crippen LogP contribution in [-0.2, 0) is 11.3 Å². The summed E-state index contributed by atoms with van der Waals surface area (Å²) >= 11 is 0. The number of anilines is 1. The van der Waals surface area contributed by atoms with E-state index in [0.29, 0.717) is 11.3 Å². The molecule has 0 fully saturated rings. The molecule has 156 valence electrons. The highest BCUT2D eigenvalue weighted by molar-refractivity contribution is 6.13. The van der Waals surface area contributed by atoms with Crippen LogP contribution in [0.1, 0.15) is 10.4 Å². The number of carbonyl (C=O) groups is 2. The lowest BCUT2D eigenvalue weighted by molar-refractivity contribution is -0.118. The van der Waals surface area contributed by atoms with Crippen LogP contribution in [0.15, 0.2) is 85.2 Å². The van der Waals surface area contributed by atoms with Gasteiger partial charge >= 0.3 is 0 Å². The van der Waals surface area contributed by atoms with Crippen LogP contribution >= 0.6 is 0 Å². The first-order valence-corrected chi connectivity index (χ1v) is 10.1. The van der Waals surface area contributed by atoms with Crippen molar-refractivity contribution in [3.63, 3.8) is 0 Å². The molecule has 7 nitrogen and oxygen atoms in total. The van der Waals surface area contributed by atoms with Gasteiger partial charge in [0.25, 0.3) is 5.91 Å². The van der Waals surface area contributed by atoms with Gasteiger partial charge in [-0.3, -0.25) is 14.3 Å². The van der Waals surface area contributed by atoms with Crippen molar-refractivity contribution in [2.45, 2.75) is 6.54 Å². The molecule has 0 atom stereocenters. The SMILES string of the molecule is NC(=O)Cn1cc(NC(=O)c2cc(-c3cccc4ccccc34)nc3ccccc23)cn1. The highest BCUT2D eigenvalue weighted by atomic mass is 16.2. The van der Waals surface area contributed by atoms with Crippen molar-refractivity contribution >= 4 is 39.2 Å². The molecule has 7 heteroatoms. The van der Waals surface area contributed by atoms with Gasteiger partial charge in [0, 0.05) is 17.1 Å². The van der Waals surface area contributed by atoms with Crippen molar-refractivity contribution in [3.8, 4) is 11.3 Å². The second-order valence-electron chi connectivity index (χ2n) is 7.45. The molecular formula is C25H19N5O2. The van der Waals surface area contributed by atoms with Crippen LogP contribution in [0.5, 0.6) is 0 Å². The predicted molar refractivity (Wildman–Crippen MR) is 124 cm³/mol. The van der Waals surface area contributed by atoms with E-state index in [1.165, 1.54) is 10.9 Å². The van der Waals surface area contributed by atoms with Crippen LogP contribution < -0.4 is 11.1 Å². The first-order chi connectivity index (χ1) is 15.6. The van der Waals surface area contributed by atoms with Crippen LogP contribution in [-0.4, -0.2) is 26.6 Å². The van der Waals surface area contributed by atoms with Gasteiger partial charge < -0.3 is 11.1 Å². The number of carbonyl (C=O) groups excluding carboxylic acids is 2. The summed E-state index contributed by atoms with van der Waals surface area (Å²) in [6.07, 6.45) is 3.05. The van der Waals surface area contributed by atoms with Gasteiger partial charge in [0.15, 0.2) is 0 Å². The quantitative estimate of drug-likeness (QED) is 0.448. The van der Waals surface area contributed by atoms with E-state index in [1.54, 1.807) is 6.20 Å². The summed E-state index contributed by atoms with van der Waals surface area (Å²) in [5.41, 5.74) is 8.59. The molecule has 0 aliphatic carbocycles. The van der Waals surface area contributed by atoms with Gasteiger partial charge in [-0.2, -0.15) is 5.10 Å². The lowest BCUT2D eigenvalue weighted by atomic mass is 9.99. The highest BCUT2D eigenvalue weighted by Gasteiger charge is 2.16. The summed E-state index contributed by atoms with van der Waals surface area (Å²) in [5.74, 6) is -0.797. The number of para-hydroxylation sites is 1. The normalized spacial score (nSPS) is 11.0. The molecule has 5 rings (SSSR count). The molecule has 0 saturated heterocycles. The molecule has 2 amide bonds. The number of benzene rings is 3. The number of aromatic nitrogens is 3. The molecule has 0 radical (unpaired) electrons. The number of hydrogen-bond acceptors (Lipinski definition) is 4. The fourth-order valence-corrected chi connectivity index (χ4v) is 3.82. The van der Waals surface area contributed by atoms with Crippen molar-refractivity contribution in [2.24, 2.45) is 5.73 Å². The van der Waals surface area contributed by atoms with E-state index in [1.807, 2.05) is 54.6 Å². The van der Waals surface area contributed by atoms with E-state index in [9.17, 15) is 9.59 Å². The number of nitrogens with zero attached hydrogens (tertiary/aromatic N) is 3. The molecular weight excluding hydrogens is 402 g/mol. The fraction of sp³-hybridized carbons (Fsp3) is 0.0400. The van der Waals surface area contributed by atoms with Crippen molar-refractivity contribution in [2.75, 3.05) is 5.32 Å². The molecule has 0 aliphatic rings. The Kier molecular flexibility index (Phi) is 4.84. The third-order valence-electron chi connectivity index (χ3n) is 5.24. The minimum atomic E-state index is -0.508. The number of nitrogens with two attached hydrogens (primary N) is 1. The highest BCUT2D eigenvalue weighted by Crippen LogP contribution is 2.30. The number of hydrogen-bond donors (Lipinski definition) is 2. The molecule has 0 bridgehead atoms. The van der Waals surface area contributed by atoms with E-state index in [-0.39, 0.29) is 12.5 Å². The zero-order valence-corrected chi connectivity index (χ0v) is 17.0. The third-order valence-corrected chi connectivity index (χ3v) is 5.24. The topological polar surface area (TPSA) is 103 Å². The lowest BCUT2D eigenvalue weighted by Gasteiger charge is -2.11. The Morgan fingerprint density at radius 2 is 1.69 bits per heavy atom. The van der Waals surface area contributed by atoms with Crippen molar-refractivity contribution < 1.29 is 9.59 Å². The minimum Gasteiger partial charge on any atom is -0.368 e. The minimum absolute atomic E-state index is 0.0563. The molecule has 2 aromatic heterocycles. The Bertz CT molecular complexity index is 1480. The zero-order valence-electron chi connectivity index (χ0n) is 17.0. The van der Waals surface area contributed by atoms with Gasteiger partial charge in [-0.15, -0.1) is 0 Å². The maximum atomic E-state index is 13.2. The van der Waals surface area contributed by atoms with Gasteiger partial charge in [0.2, 0.25) is 5.91 Å². The Hall–Kier alpha value is -4.52. The molecule has 2 heterocycles. The lowest BCUT2D eigenvalue weighted by Crippen LogP contribution is -2.18. The second kappa shape index (κ2) is 7.96. The first-order valence-electron chi connectivity index (χ1n) is 10.1. The molecule has 0 aliphatic heterocycles. The third kappa shape index (κ3) is 3.67. The smallest absolute Gasteiger partial charge is 0.256 e. The van der Waals surface area contributed by atoms with Gasteiger partial charge in [-0.25, -0.2) is 4.98 Å². The van der Waals surface area contributed by atoms with Crippen LogP contribution in [0.2, 0.25) is 0 Å². The summed E-state index contributed by atoms with van der Waals surface area (Å²) < 4.78 is 1.38. The Balaban J connectivity index is 1.59. The van der Waals surface area contributed by atoms with E-state index < -0.39 is 5.91 Å². The van der Waals surface area contributed by atoms with Crippen LogP contribution in [0.25, 0.3) is 32.9 Å². The van der Waals surface area contributed by atoms with Gasteiger partial charge in [-0.05, 0) is 22.9 Å². The number of rotatable bonds is 5. The average molecular weight is 421 g/mol. The summed E-state index contributed by atoms with van der Waals surface area (Å²) in [6, 6.07) is 23.5. The maximum absolute atomic E-state index is 13.2. The Labute approximate surface area is 183 Å². The van der Waals surface area contributed by atoms with Crippen LogP contribution in [0.4, 0.5) is 5.69 Å². The fourth-order valence-electron chi connectivity index (χ4n) is 3.82. The van der Waals surface area contributed by atoms with Gasteiger partial charge in [0.1, 0.15) is 6.54 Å². The summed E-state index contributed by atoms with van der Waals surface area (Å²) in [6.45, 7) is -0.0563. The van der Waals surface area contributed by atoms with E-state index in [2.05, 4.69) is 28.6 Å². The van der Waals surface area contributed by atoms with E-state index in [0.717, 1.165) is 32.9 Å². The number of fused-ring (bicyclic) bond motifs is 2. The zero-order chi connectivity index (χ0) is 22.1. The van der Waals surface area contributed by atoms with Crippen LogP contribution in [0, 0.1) is 0 Å².